The second-order valence-corrected chi connectivity index (χ2v) is 7.26. The standard InChI is InChI=1S/C19H33N5O2/c1-5-26-18(25)15-6-8-16(9-7-15)23-19(20-4)22-12-17-21-10-11-24(17)13-14(2)3/h10-11,14-16H,5-9,12-13H2,1-4H3,(H2,20,22,23). The first kappa shape index (κ1) is 20.3. The first-order valence-electron chi connectivity index (χ1n) is 9.67. The zero-order chi connectivity index (χ0) is 18.9. The molecule has 1 saturated carbocycles. The van der Waals surface area contributed by atoms with Crippen LogP contribution >= 0.6 is 0 Å². The van der Waals surface area contributed by atoms with Gasteiger partial charge in [0.25, 0.3) is 0 Å². The fraction of sp³-hybridized carbons (Fsp3) is 0.737. The minimum Gasteiger partial charge on any atom is -0.466 e. The summed E-state index contributed by atoms with van der Waals surface area (Å²) in [4.78, 5) is 20.6. The number of nitrogens with one attached hydrogen (secondary N) is 2. The minimum absolute atomic E-state index is 0.0477. The molecule has 1 fully saturated rings. The van der Waals surface area contributed by atoms with Crippen molar-refractivity contribution in [1.82, 2.24) is 20.2 Å². The van der Waals surface area contributed by atoms with E-state index in [1.165, 1.54) is 0 Å². The molecule has 0 unspecified atom stereocenters. The van der Waals surface area contributed by atoms with E-state index in [1.807, 2.05) is 19.3 Å². The van der Waals surface area contributed by atoms with E-state index < -0.39 is 0 Å². The summed E-state index contributed by atoms with van der Waals surface area (Å²) in [6, 6.07) is 0.335. The topological polar surface area (TPSA) is 80.5 Å². The quantitative estimate of drug-likeness (QED) is 0.441. The van der Waals surface area contributed by atoms with Crippen LogP contribution in [0.25, 0.3) is 0 Å². The molecule has 7 heteroatoms. The number of aromatic nitrogens is 2. The predicted molar refractivity (Wildman–Crippen MR) is 103 cm³/mol. The Labute approximate surface area is 156 Å². The van der Waals surface area contributed by atoms with E-state index in [9.17, 15) is 4.79 Å². The largest absolute Gasteiger partial charge is 0.466 e. The molecule has 2 N–H and O–H groups in total. The van der Waals surface area contributed by atoms with Crippen molar-refractivity contribution in [3.63, 3.8) is 0 Å². The Morgan fingerprint density at radius 1 is 1.38 bits per heavy atom. The molecule has 0 bridgehead atoms. The molecule has 0 saturated heterocycles. The summed E-state index contributed by atoms with van der Waals surface area (Å²) in [7, 11) is 1.78. The molecule has 0 atom stereocenters. The minimum atomic E-state index is -0.0505. The fourth-order valence-electron chi connectivity index (χ4n) is 3.35. The lowest BCUT2D eigenvalue weighted by Crippen LogP contribution is -2.45. The van der Waals surface area contributed by atoms with Crippen molar-refractivity contribution in [2.75, 3.05) is 13.7 Å². The van der Waals surface area contributed by atoms with Crippen molar-refractivity contribution < 1.29 is 9.53 Å². The van der Waals surface area contributed by atoms with Crippen LogP contribution in [0.2, 0.25) is 0 Å². The van der Waals surface area contributed by atoms with Crippen LogP contribution in [0.4, 0.5) is 0 Å². The molecule has 0 radical (unpaired) electrons. The molecular formula is C19H33N5O2. The van der Waals surface area contributed by atoms with Gasteiger partial charge in [-0.3, -0.25) is 9.79 Å². The third-order valence-electron chi connectivity index (χ3n) is 4.69. The maximum Gasteiger partial charge on any atom is 0.308 e. The monoisotopic (exact) mass is 363 g/mol. The molecular weight excluding hydrogens is 330 g/mol. The number of imidazole rings is 1. The number of rotatable bonds is 7. The lowest BCUT2D eigenvalue weighted by atomic mass is 9.86. The highest BCUT2D eigenvalue weighted by Crippen LogP contribution is 2.25. The van der Waals surface area contributed by atoms with Gasteiger partial charge in [-0.2, -0.15) is 0 Å². The van der Waals surface area contributed by atoms with Gasteiger partial charge in [0.15, 0.2) is 5.96 Å². The number of nitrogens with zero attached hydrogens (tertiary/aromatic N) is 3. The third kappa shape index (κ3) is 6.04. The summed E-state index contributed by atoms with van der Waals surface area (Å²) >= 11 is 0. The van der Waals surface area contributed by atoms with E-state index in [0.717, 1.165) is 44.0 Å². The Hall–Kier alpha value is -2.05. The van der Waals surface area contributed by atoms with E-state index >= 15 is 0 Å². The number of hydrogen-bond acceptors (Lipinski definition) is 4. The van der Waals surface area contributed by atoms with Gasteiger partial charge in [0, 0.05) is 32.0 Å². The van der Waals surface area contributed by atoms with Crippen molar-refractivity contribution in [1.29, 1.82) is 0 Å². The van der Waals surface area contributed by atoms with E-state index in [-0.39, 0.29) is 11.9 Å². The van der Waals surface area contributed by atoms with Gasteiger partial charge >= 0.3 is 5.97 Å². The maximum atomic E-state index is 11.8. The second-order valence-electron chi connectivity index (χ2n) is 7.26. The molecule has 1 aliphatic rings. The number of guanidine groups is 1. The molecule has 7 nitrogen and oxygen atoms in total. The van der Waals surface area contributed by atoms with E-state index in [0.29, 0.717) is 25.1 Å². The molecule has 0 spiro atoms. The molecule has 0 aromatic carbocycles. The van der Waals surface area contributed by atoms with Crippen LogP contribution in [0.3, 0.4) is 0 Å². The van der Waals surface area contributed by atoms with E-state index in [2.05, 4.69) is 39.0 Å². The first-order chi connectivity index (χ1) is 12.5. The number of ether oxygens (including phenoxy) is 1. The molecule has 0 amide bonds. The summed E-state index contributed by atoms with van der Waals surface area (Å²) in [6.45, 7) is 8.31. The summed E-state index contributed by atoms with van der Waals surface area (Å²) in [5.74, 6) is 2.36. The third-order valence-corrected chi connectivity index (χ3v) is 4.69. The highest BCUT2D eigenvalue weighted by Gasteiger charge is 2.27. The van der Waals surface area contributed by atoms with Crippen molar-refractivity contribution in [2.45, 2.75) is 65.6 Å². The van der Waals surface area contributed by atoms with Crippen molar-refractivity contribution >= 4 is 11.9 Å². The molecule has 2 rings (SSSR count). The molecule has 1 aromatic rings. The molecule has 1 aliphatic carbocycles. The molecule has 26 heavy (non-hydrogen) atoms. The van der Waals surface area contributed by atoms with Gasteiger partial charge < -0.3 is 19.9 Å². The first-order valence-corrected chi connectivity index (χ1v) is 9.67. The zero-order valence-corrected chi connectivity index (χ0v) is 16.5. The lowest BCUT2D eigenvalue weighted by Gasteiger charge is -2.29. The number of esters is 1. The number of aliphatic imine (C=N–C) groups is 1. The van der Waals surface area contributed by atoms with Gasteiger partial charge in [-0.05, 0) is 38.5 Å². The van der Waals surface area contributed by atoms with Gasteiger partial charge in [-0.1, -0.05) is 13.8 Å². The van der Waals surface area contributed by atoms with Gasteiger partial charge in [-0.25, -0.2) is 4.98 Å². The fourth-order valence-corrected chi connectivity index (χ4v) is 3.35. The van der Waals surface area contributed by atoms with Crippen LogP contribution in [-0.4, -0.2) is 41.2 Å². The Kier molecular flexibility index (Phi) is 7.94. The summed E-state index contributed by atoms with van der Waals surface area (Å²) in [5.41, 5.74) is 0. The molecule has 1 heterocycles. The van der Waals surface area contributed by atoms with Gasteiger partial charge in [0.05, 0.1) is 19.1 Å². The predicted octanol–water partition coefficient (Wildman–Crippen LogP) is 2.33. The second kappa shape index (κ2) is 10.2. The number of carbonyl (C=O) groups is 1. The van der Waals surface area contributed by atoms with Crippen molar-refractivity contribution in [3.05, 3.63) is 18.2 Å². The van der Waals surface area contributed by atoms with Crippen molar-refractivity contribution in [2.24, 2.45) is 16.8 Å². The lowest BCUT2D eigenvalue weighted by molar-refractivity contribution is -0.149. The van der Waals surface area contributed by atoms with Crippen LogP contribution in [0.15, 0.2) is 17.4 Å². The Morgan fingerprint density at radius 2 is 2.12 bits per heavy atom. The van der Waals surface area contributed by atoms with Gasteiger partial charge in [-0.15, -0.1) is 0 Å². The zero-order valence-electron chi connectivity index (χ0n) is 16.5. The van der Waals surface area contributed by atoms with Gasteiger partial charge in [0.1, 0.15) is 5.82 Å². The van der Waals surface area contributed by atoms with Crippen LogP contribution < -0.4 is 10.6 Å². The average Bonchev–Trinajstić information content (AvgIpc) is 3.05. The summed E-state index contributed by atoms with van der Waals surface area (Å²) in [5, 5.41) is 6.82. The van der Waals surface area contributed by atoms with E-state index in [4.69, 9.17) is 4.74 Å². The summed E-state index contributed by atoms with van der Waals surface area (Å²) in [6.07, 6.45) is 7.49. The Morgan fingerprint density at radius 3 is 2.73 bits per heavy atom. The summed E-state index contributed by atoms with van der Waals surface area (Å²) < 4.78 is 7.31. The van der Waals surface area contributed by atoms with Crippen LogP contribution in [-0.2, 0) is 22.6 Å². The molecule has 0 aliphatic heterocycles. The van der Waals surface area contributed by atoms with Crippen LogP contribution in [0, 0.1) is 11.8 Å². The van der Waals surface area contributed by atoms with Crippen LogP contribution in [0.1, 0.15) is 52.3 Å². The average molecular weight is 364 g/mol. The normalized spacial score (nSPS) is 20.9. The number of hydrogen-bond donors (Lipinski definition) is 2. The number of carbonyl (C=O) groups excluding carboxylic acids is 1. The van der Waals surface area contributed by atoms with Crippen LogP contribution in [0.5, 0.6) is 0 Å². The molecule has 146 valence electrons. The smallest absolute Gasteiger partial charge is 0.308 e. The SMILES string of the molecule is CCOC(=O)C1CCC(NC(=NC)NCc2nccn2CC(C)C)CC1. The van der Waals surface area contributed by atoms with E-state index in [1.54, 1.807) is 7.05 Å². The Bertz CT molecular complexity index is 589. The van der Waals surface area contributed by atoms with Gasteiger partial charge in [0.2, 0.25) is 0 Å². The Balaban J connectivity index is 1.78. The molecule has 1 aromatic heterocycles. The maximum absolute atomic E-state index is 11.8. The van der Waals surface area contributed by atoms with Crippen molar-refractivity contribution in [3.8, 4) is 0 Å². The highest BCUT2D eigenvalue weighted by molar-refractivity contribution is 5.80. The highest BCUT2D eigenvalue weighted by atomic mass is 16.5.